The van der Waals surface area contributed by atoms with Crippen LogP contribution in [0.3, 0.4) is 0 Å². The van der Waals surface area contributed by atoms with Crippen molar-refractivity contribution in [1.82, 2.24) is 9.80 Å². The molecule has 1 aromatic carbocycles. The van der Waals surface area contributed by atoms with Gasteiger partial charge in [-0.2, -0.15) is 0 Å². The van der Waals surface area contributed by atoms with Crippen molar-refractivity contribution in [3.8, 4) is 5.75 Å². The lowest BCUT2D eigenvalue weighted by atomic mass is 10.2. The Morgan fingerprint density at radius 1 is 1.17 bits per heavy atom. The summed E-state index contributed by atoms with van der Waals surface area (Å²) in [4.78, 5) is 4.76. The first kappa shape index (κ1) is 14.3. The number of halogens is 2. The second-order valence-corrected chi connectivity index (χ2v) is 6.60. The number of phenols is 1. The Morgan fingerprint density at radius 3 is 2.72 bits per heavy atom. The molecule has 5 heteroatoms. The van der Waals surface area contributed by atoms with E-state index in [-0.39, 0.29) is 0 Å². The molecule has 0 unspecified atom stereocenters. The van der Waals surface area contributed by atoms with E-state index in [1.165, 1.54) is 6.42 Å². The van der Waals surface area contributed by atoms with Crippen LogP contribution in [0, 0.1) is 0 Å². The fourth-order valence-electron chi connectivity index (χ4n) is 2.24. The number of aromatic hydroxyl groups is 1. The molecule has 0 amide bonds. The molecule has 18 heavy (non-hydrogen) atoms. The molecule has 0 aliphatic carbocycles. The predicted molar refractivity (Wildman–Crippen MR) is 80.9 cm³/mol. The van der Waals surface area contributed by atoms with Gasteiger partial charge in [-0.25, -0.2) is 0 Å². The number of hydrogen-bond donors (Lipinski definition) is 1. The fourth-order valence-corrected chi connectivity index (χ4v) is 3.55. The van der Waals surface area contributed by atoms with Crippen molar-refractivity contribution in [3.05, 3.63) is 26.6 Å². The molecule has 1 N–H and O–H groups in total. The van der Waals surface area contributed by atoms with Crippen molar-refractivity contribution in [2.75, 3.05) is 33.2 Å². The summed E-state index contributed by atoms with van der Waals surface area (Å²) >= 11 is 6.85. The van der Waals surface area contributed by atoms with Gasteiger partial charge in [-0.15, -0.1) is 0 Å². The zero-order valence-electron chi connectivity index (χ0n) is 10.5. The average molecular weight is 378 g/mol. The van der Waals surface area contributed by atoms with Gasteiger partial charge in [0.1, 0.15) is 5.75 Å². The molecule has 0 aromatic heterocycles. The Kier molecular flexibility index (Phi) is 5.06. The molecular weight excluding hydrogens is 360 g/mol. The van der Waals surface area contributed by atoms with Crippen molar-refractivity contribution in [3.63, 3.8) is 0 Å². The van der Waals surface area contributed by atoms with Gasteiger partial charge < -0.3 is 10.0 Å². The largest absolute Gasteiger partial charge is 0.506 e. The van der Waals surface area contributed by atoms with E-state index in [0.717, 1.165) is 47.2 Å². The predicted octanol–water partition coefficient (Wildman–Crippen LogP) is 3.05. The van der Waals surface area contributed by atoms with Crippen LogP contribution in [0.1, 0.15) is 12.0 Å². The molecule has 1 aromatic rings. The normalized spacial score (nSPS) is 18.8. The van der Waals surface area contributed by atoms with Crippen LogP contribution in [0.2, 0.25) is 0 Å². The molecule has 1 saturated heterocycles. The average Bonchev–Trinajstić information content (AvgIpc) is 2.51. The lowest BCUT2D eigenvalue weighted by Gasteiger charge is -2.21. The maximum atomic E-state index is 10.1. The van der Waals surface area contributed by atoms with Crippen molar-refractivity contribution < 1.29 is 5.11 Å². The topological polar surface area (TPSA) is 26.7 Å². The quantitative estimate of drug-likeness (QED) is 0.857. The number of rotatable bonds is 2. The Bertz CT molecular complexity index is 426. The minimum absolute atomic E-state index is 0.357. The zero-order chi connectivity index (χ0) is 13.1. The third-order valence-electron chi connectivity index (χ3n) is 3.31. The van der Waals surface area contributed by atoms with E-state index in [1.807, 2.05) is 12.1 Å². The second-order valence-electron chi connectivity index (χ2n) is 4.83. The van der Waals surface area contributed by atoms with Crippen LogP contribution in [0.25, 0.3) is 0 Å². The summed E-state index contributed by atoms with van der Waals surface area (Å²) in [7, 11) is 2.16. The van der Waals surface area contributed by atoms with Gasteiger partial charge in [-0.05, 0) is 54.6 Å². The van der Waals surface area contributed by atoms with Crippen LogP contribution in [-0.4, -0.2) is 48.1 Å². The summed E-state index contributed by atoms with van der Waals surface area (Å²) in [6.45, 7) is 5.20. The number of phenolic OH excluding ortho intramolecular Hbond substituents is 1. The molecule has 0 atom stereocenters. The van der Waals surface area contributed by atoms with Crippen LogP contribution >= 0.6 is 31.9 Å². The Labute approximate surface area is 125 Å². The van der Waals surface area contributed by atoms with Crippen LogP contribution in [0.4, 0.5) is 0 Å². The number of benzene rings is 1. The third-order valence-corrected chi connectivity index (χ3v) is 4.38. The van der Waals surface area contributed by atoms with Crippen molar-refractivity contribution in [2.24, 2.45) is 0 Å². The first-order chi connectivity index (χ1) is 8.56. The van der Waals surface area contributed by atoms with Crippen LogP contribution in [-0.2, 0) is 6.54 Å². The lowest BCUT2D eigenvalue weighted by Crippen LogP contribution is -2.28. The monoisotopic (exact) mass is 376 g/mol. The Morgan fingerprint density at radius 2 is 1.94 bits per heavy atom. The molecule has 1 fully saturated rings. The van der Waals surface area contributed by atoms with Crippen molar-refractivity contribution in [2.45, 2.75) is 13.0 Å². The van der Waals surface area contributed by atoms with Gasteiger partial charge in [0.2, 0.25) is 0 Å². The smallest absolute Gasteiger partial charge is 0.134 e. The maximum Gasteiger partial charge on any atom is 0.134 e. The summed E-state index contributed by atoms with van der Waals surface area (Å²) in [5, 5.41) is 10.1. The SMILES string of the molecule is CN1CCCN(Cc2cc(Br)cc(Br)c2O)CC1. The van der Waals surface area contributed by atoms with Gasteiger partial charge in [-0.1, -0.05) is 15.9 Å². The summed E-state index contributed by atoms with van der Waals surface area (Å²) in [5.74, 6) is 0.357. The van der Waals surface area contributed by atoms with E-state index < -0.39 is 0 Å². The van der Waals surface area contributed by atoms with Crippen molar-refractivity contribution in [1.29, 1.82) is 0 Å². The number of hydrogen-bond acceptors (Lipinski definition) is 3. The number of nitrogens with zero attached hydrogens (tertiary/aromatic N) is 2. The Hall–Kier alpha value is -0.100. The second kappa shape index (κ2) is 6.37. The molecular formula is C13H18Br2N2O. The summed E-state index contributed by atoms with van der Waals surface area (Å²) in [5.41, 5.74) is 0.973. The van der Waals surface area contributed by atoms with Gasteiger partial charge >= 0.3 is 0 Å². The molecule has 2 rings (SSSR count). The highest BCUT2D eigenvalue weighted by Crippen LogP contribution is 2.32. The van der Waals surface area contributed by atoms with Crippen LogP contribution < -0.4 is 0 Å². The maximum absolute atomic E-state index is 10.1. The highest BCUT2D eigenvalue weighted by molar-refractivity contribution is 9.11. The van der Waals surface area contributed by atoms with E-state index in [4.69, 9.17) is 0 Å². The molecule has 100 valence electrons. The van der Waals surface area contributed by atoms with E-state index in [1.54, 1.807) is 0 Å². The molecule has 1 aliphatic heterocycles. The molecule has 0 spiro atoms. The molecule has 0 bridgehead atoms. The van der Waals surface area contributed by atoms with Gasteiger partial charge in [0.05, 0.1) is 4.47 Å². The van der Waals surface area contributed by atoms with Gasteiger partial charge in [0.15, 0.2) is 0 Å². The summed E-state index contributed by atoms with van der Waals surface area (Å²) in [6.07, 6.45) is 1.19. The van der Waals surface area contributed by atoms with Crippen LogP contribution in [0.15, 0.2) is 21.1 Å². The first-order valence-corrected chi connectivity index (χ1v) is 7.72. The minimum atomic E-state index is 0.357. The molecule has 1 heterocycles. The summed E-state index contributed by atoms with van der Waals surface area (Å²) < 4.78 is 1.74. The fraction of sp³-hybridized carbons (Fsp3) is 0.538. The van der Waals surface area contributed by atoms with Crippen LogP contribution in [0.5, 0.6) is 5.75 Å². The van der Waals surface area contributed by atoms with Gasteiger partial charge in [0.25, 0.3) is 0 Å². The number of likely N-dealkylation sites (N-methyl/N-ethyl adjacent to an activating group) is 1. The zero-order valence-corrected chi connectivity index (χ0v) is 13.7. The molecule has 1 aliphatic rings. The van der Waals surface area contributed by atoms with E-state index >= 15 is 0 Å². The van der Waals surface area contributed by atoms with E-state index in [9.17, 15) is 5.11 Å². The van der Waals surface area contributed by atoms with Gasteiger partial charge in [0, 0.05) is 29.7 Å². The third kappa shape index (κ3) is 3.70. The molecule has 0 saturated carbocycles. The van der Waals surface area contributed by atoms with Gasteiger partial charge in [-0.3, -0.25) is 4.90 Å². The van der Waals surface area contributed by atoms with E-state index in [2.05, 4.69) is 48.7 Å². The molecule has 0 radical (unpaired) electrons. The minimum Gasteiger partial charge on any atom is -0.506 e. The Balaban J connectivity index is 2.09. The van der Waals surface area contributed by atoms with Crippen molar-refractivity contribution >= 4 is 31.9 Å². The van der Waals surface area contributed by atoms with E-state index in [0.29, 0.717) is 5.75 Å². The highest BCUT2D eigenvalue weighted by atomic mass is 79.9. The highest BCUT2D eigenvalue weighted by Gasteiger charge is 2.15. The summed E-state index contributed by atoms with van der Waals surface area (Å²) in [6, 6.07) is 3.86. The molecule has 3 nitrogen and oxygen atoms in total. The standard InChI is InChI=1S/C13H18Br2N2O/c1-16-3-2-4-17(6-5-16)9-10-7-11(14)8-12(15)13(10)18/h7-8,18H,2-6,9H2,1H3. The first-order valence-electron chi connectivity index (χ1n) is 6.14. The lowest BCUT2D eigenvalue weighted by molar-refractivity contribution is 0.265.